The maximum absolute atomic E-state index is 14.2. The van der Waals surface area contributed by atoms with E-state index in [0.717, 1.165) is 42.4 Å². The highest BCUT2D eigenvalue weighted by Gasteiger charge is 2.64. The van der Waals surface area contributed by atoms with Gasteiger partial charge in [0.25, 0.3) is 0 Å². The van der Waals surface area contributed by atoms with Crippen molar-refractivity contribution < 1.29 is 52.8 Å². The molecular weight excluding hydrogens is 862 g/mol. The number of esters is 1. The highest BCUT2D eigenvalue weighted by molar-refractivity contribution is 8.00. The molecule has 3 saturated heterocycles. The lowest BCUT2D eigenvalue weighted by Crippen LogP contribution is -2.60. The number of halogens is 1. The van der Waals surface area contributed by atoms with Crippen molar-refractivity contribution in [1.82, 2.24) is 10.2 Å². The van der Waals surface area contributed by atoms with Crippen LogP contribution in [0, 0.1) is 30.6 Å². The van der Waals surface area contributed by atoms with Gasteiger partial charge in [0.1, 0.15) is 29.3 Å². The zero-order valence-electron chi connectivity index (χ0n) is 38.5. The van der Waals surface area contributed by atoms with Crippen molar-refractivity contribution in [2.45, 2.75) is 154 Å². The van der Waals surface area contributed by atoms with E-state index >= 15 is 0 Å². The molecule has 4 aliphatic heterocycles. The molecule has 352 valence electrons. The van der Waals surface area contributed by atoms with Gasteiger partial charge in [-0.25, -0.2) is 9.59 Å². The molecule has 0 spiro atoms. The average Bonchev–Trinajstić information content (AvgIpc) is 3.88. The van der Waals surface area contributed by atoms with E-state index in [4.69, 9.17) is 30.5 Å². The molecule has 4 bridgehead atoms. The topological polar surface area (TPSA) is 181 Å². The van der Waals surface area contributed by atoms with Gasteiger partial charge >= 0.3 is 12.1 Å². The smallest absolute Gasteiger partial charge is 0.409 e. The standard InChI is InChI=1S/C48H66ClN3O11S/c1-9-36(53)34-16-14-32(15-17-34)26-52-41(55)23-38(44(52)56)64-19-11-18-60-31(6)45(57)62-39-24-40(54)51(8)35-22-33(21-28(3)42(35)49)20-27(2)12-10-13-29(4)48(59)25-37(61-46(58)50-48)30(5)43-47(39,7)63-43/h10,12-13,21-22,29-32,34,37-39,43,59H,9,11,14-20,23-26H2,1-8H3,(H,50,58)/b13-10+,27-12+/t29-,30-,31-,32?,34?,37?,38?,39+,43+,47+,48+/m1/s1. The molecule has 1 aromatic carbocycles. The lowest BCUT2D eigenvalue weighted by molar-refractivity contribution is -0.165. The fourth-order valence-electron chi connectivity index (χ4n) is 9.58. The number of amides is 4. The van der Waals surface area contributed by atoms with Gasteiger partial charge in [-0.05, 0) is 95.1 Å². The third-order valence-electron chi connectivity index (χ3n) is 13.9. The van der Waals surface area contributed by atoms with Crippen LogP contribution < -0.4 is 10.2 Å². The second-order valence-electron chi connectivity index (χ2n) is 18.8. The fourth-order valence-corrected chi connectivity index (χ4v) is 10.9. The summed E-state index contributed by atoms with van der Waals surface area (Å²) in [5, 5.41) is 14.3. The summed E-state index contributed by atoms with van der Waals surface area (Å²) in [6.45, 7) is 13.3. The van der Waals surface area contributed by atoms with Crippen molar-refractivity contribution in [2.24, 2.45) is 23.7 Å². The number of likely N-dealkylation sites (tertiary alicyclic amines) is 1. The number of hydrogen-bond donors (Lipinski definition) is 2. The number of ether oxygens (including phenoxy) is 4. The minimum absolute atomic E-state index is 0.0660. The molecule has 5 aliphatic rings. The van der Waals surface area contributed by atoms with Crippen molar-refractivity contribution in [2.75, 3.05) is 30.9 Å². The van der Waals surface area contributed by atoms with Gasteiger partial charge in [0.15, 0.2) is 6.10 Å². The SMILES string of the molecule is CCC(=O)C1CCC(CN2C(=O)CC(SCCCO[C@H](C)C(=O)O[C@H]3CC(=O)N(C)c4cc(cc(C)c4Cl)C/C(C)=C/C=C/[C@@H](C)[C@@]4(O)CC(OC(=O)N4)[C@@H](C)[C@@H]4O[C@@]34C)C2=O)CC1. The molecular formula is C48H66ClN3O11S. The maximum atomic E-state index is 14.2. The number of allylic oxidation sites excluding steroid dienone is 3. The number of Topliss-reactive ketones (excluding diaryl/α,β-unsaturated/α-hetero) is 1. The zero-order valence-corrected chi connectivity index (χ0v) is 40.1. The molecule has 64 heavy (non-hydrogen) atoms. The highest BCUT2D eigenvalue weighted by Crippen LogP contribution is 2.49. The lowest BCUT2D eigenvalue weighted by Gasteiger charge is -2.41. The van der Waals surface area contributed by atoms with Crippen LogP contribution in [0.5, 0.6) is 0 Å². The van der Waals surface area contributed by atoms with Crippen molar-refractivity contribution in [3.8, 4) is 0 Å². The summed E-state index contributed by atoms with van der Waals surface area (Å²) in [4.78, 5) is 81.9. The number of imide groups is 1. The molecule has 14 nitrogen and oxygen atoms in total. The number of fused-ring (bicyclic) bond motifs is 5. The van der Waals surface area contributed by atoms with Crippen LogP contribution >= 0.6 is 23.4 Å². The molecule has 0 aromatic heterocycles. The predicted molar refractivity (Wildman–Crippen MR) is 244 cm³/mol. The quantitative estimate of drug-likeness (QED) is 0.0947. The van der Waals surface area contributed by atoms with Gasteiger partial charge in [-0.1, -0.05) is 62.2 Å². The van der Waals surface area contributed by atoms with Gasteiger partial charge < -0.3 is 29.0 Å². The van der Waals surface area contributed by atoms with Crippen molar-refractivity contribution in [3.05, 3.63) is 52.1 Å². The van der Waals surface area contributed by atoms with Gasteiger partial charge in [-0.3, -0.25) is 29.4 Å². The number of carbonyl (C=O) groups is 6. The van der Waals surface area contributed by atoms with Gasteiger partial charge in [0, 0.05) is 57.2 Å². The highest BCUT2D eigenvalue weighted by atomic mass is 35.5. The van der Waals surface area contributed by atoms with E-state index in [1.54, 1.807) is 20.9 Å². The van der Waals surface area contributed by atoms with E-state index in [1.165, 1.54) is 21.6 Å². The summed E-state index contributed by atoms with van der Waals surface area (Å²) in [5.41, 5.74) is 0.478. The normalized spacial score (nSPS) is 34.2. The number of nitrogens with one attached hydrogen (secondary N) is 1. The summed E-state index contributed by atoms with van der Waals surface area (Å²) < 4.78 is 24.0. The lowest BCUT2D eigenvalue weighted by atomic mass is 9.79. The number of epoxide rings is 1. The Bertz CT molecular complexity index is 2020. The number of aryl methyl sites for hydroxylation is 1. The minimum atomic E-state index is -1.61. The average molecular weight is 929 g/mol. The summed E-state index contributed by atoms with van der Waals surface area (Å²) in [5.74, 6) is -1.22. The zero-order chi connectivity index (χ0) is 46.7. The second kappa shape index (κ2) is 20.8. The Kier molecular flexibility index (Phi) is 16.2. The number of hydrogen-bond acceptors (Lipinski definition) is 12. The van der Waals surface area contributed by atoms with Crippen molar-refractivity contribution in [1.29, 1.82) is 0 Å². The van der Waals surface area contributed by atoms with E-state index in [0.29, 0.717) is 48.1 Å². The first-order valence-electron chi connectivity index (χ1n) is 22.8. The maximum Gasteiger partial charge on any atom is 0.409 e. The number of aliphatic hydroxyl groups is 1. The molecule has 4 amide bonds. The van der Waals surface area contributed by atoms with Crippen LogP contribution in [0.2, 0.25) is 5.02 Å². The Morgan fingerprint density at radius 1 is 1.08 bits per heavy atom. The Morgan fingerprint density at radius 2 is 1.80 bits per heavy atom. The Balaban J connectivity index is 1.09. The number of nitrogens with zero attached hydrogens (tertiary/aromatic N) is 2. The van der Waals surface area contributed by atoms with Gasteiger partial charge in [0.2, 0.25) is 17.7 Å². The van der Waals surface area contributed by atoms with Gasteiger partial charge in [0.05, 0.1) is 28.5 Å². The number of alkyl carbamates (subject to hydrolysis) is 1. The molecule has 1 saturated carbocycles. The molecule has 6 rings (SSSR count). The largest absolute Gasteiger partial charge is 0.457 e. The van der Waals surface area contributed by atoms with E-state index in [2.05, 4.69) is 5.32 Å². The van der Waals surface area contributed by atoms with Crippen molar-refractivity contribution >= 4 is 64.6 Å². The molecule has 4 fully saturated rings. The molecule has 1 aromatic rings. The summed E-state index contributed by atoms with van der Waals surface area (Å²) >= 11 is 8.22. The monoisotopic (exact) mass is 927 g/mol. The molecule has 4 heterocycles. The number of thioether (sulfide) groups is 1. The second-order valence-corrected chi connectivity index (χ2v) is 20.5. The van der Waals surface area contributed by atoms with E-state index in [1.807, 2.05) is 65.0 Å². The first-order valence-corrected chi connectivity index (χ1v) is 24.3. The van der Waals surface area contributed by atoms with Crippen LogP contribution in [0.15, 0.2) is 35.9 Å². The molecule has 9 atom stereocenters. The van der Waals surface area contributed by atoms with Crippen LogP contribution in [0.3, 0.4) is 0 Å². The number of ketones is 1. The third kappa shape index (κ3) is 11.4. The number of rotatable bonds is 12. The van der Waals surface area contributed by atoms with Crippen LogP contribution in [-0.4, -0.2) is 113 Å². The van der Waals surface area contributed by atoms with Gasteiger partial charge in [-0.15, -0.1) is 11.8 Å². The molecule has 1 aliphatic carbocycles. The molecule has 16 heteroatoms. The van der Waals surface area contributed by atoms with Crippen LogP contribution in [0.25, 0.3) is 0 Å². The summed E-state index contributed by atoms with van der Waals surface area (Å²) in [6, 6.07) is 3.85. The Morgan fingerprint density at radius 3 is 2.50 bits per heavy atom. The van der Waals surface area contributed by atoms with Crippen LogP contribution in [0.4, 0.5) is 10.5 Å². The van der Waals surface area contributed by atoms with Crippen molar-refractivity contribution in [3.63, 3.8) is 0 Å². The van der Waals surface area contributed by atoms with Crippen LogP contribution in [-0.2, 0) is 49.3 Å². The number of anilines is 1. The van der Waals surface area contributed by atoms with Crippen LogP contribution in [0.1, 0.15) is 110 Å². The fraction of sp³-hybridized carbons (Fsp3) is 0.667. The minimum Gasteiger partial charge on any atom is -0.457 e. The number of carbonyl (C=O) groups excluding carboxylic acids is 6. The van der Waals surface area contributed by atoms with Gasteiger partial charge in [-0.2, -0.15) is 0 Å². The van der Waals surface area contributed by atoms with E-state index in [-0.39, 0.29) is 55.4 Å². The molecule has 2 N–H and O–H groups in total. The first kappa shape index (κ1) is 49.7. The first-order chi connectivity index (χ1) is 30.2. The Hall–Kier alpha value is -3.76. The van der Waals surface area contributed by atoms with E-state index in [9.17, 15) is 33.9 Å². The summed E-state index contributed by atoms with van der Waals surface area (Å²) in [7, 11) is 1.63. The van der Waals surface area contributed by atoms with E-state index < -0.39 is 64.9 Å². The predicted octanol–water partition coefficient (Wildman–Crippen LogP) is 7.03. The summed E-state index contributed by atoms with van der Waals surface area (Å²) in [6.07, 6.45) is 6.27. The third-order valence-corrected chi connectivity index (χ3v) is 15.7. The number of benzene rings is 1. The molecule has 0 radical (unpaired) electrons. The molecule has 2 unspecified atom stereocenters. The Labute approximate surface area is 386 Å².